The number of benzene rings is 2. The molecule has 0 spiro atoms. The van der Waals surface area contributed by atoms with E-state index in [2.05, 4.69) is 22.7 Å². The number of hydrazone groups is 1. The second-order valence-corrected chi connectivity index (χ2v) is 4.27. The second-order valence-electron chi connectivity index (χ2n) is 4.27. The lowest BCUT2D eigenvalue weighted by atomic mass is 9.95. The predicted molar refractivity (Wildman–Crippen MR) is 80.0 cm³/mol. The van der Waals surface area contributed by atoms with Crippen LogP contribution in [-0.4, -0.2) is 6.34 Å². The van der Waals surface area contributed by atoms with Crippen molar-refractivity contribution in [2.45, 2.75) is 6.04 Å². The van der Waals surface area contributed by atoms with Gasteiger partial charge in [-0.1, -0.05) is 30.3 Å². The van der Waals surface area contributed by atoms with E-state index >= 15 is 0 Å². The van der Waals surface area contributed by atoms with Crippen LogP contribution in [0, 0.1) is 22.7 Å². The maximum absolute atomic E-state index is 9.24. The number of hydrogen-bond acceptors (Lipinski definition) is 4. The second kappa shape index (κ2) is 6.74. The van der Waals surface area contributed by atoms with Crippen LogP contribution in [0.2, 0.25) is 0 Å². The molecule has 0 radical (unpaired) electrons. The minimum Gasteiger partial charge on any atom is -0.388 e. The van der Waals surface area contributed by atoms with Gasteiger partial charge in [0.15, 0.2) is 0 Å². The highest BCUT2D eigenvalue weighted by atomic mass is 15.3. The van der Waals surface area contributed by atoms with Gasteiger partial charge in [0, 0.05) is 0 Å². The van der Waals surface area contributed by atoms with Crippen LogP contribution in [0.25, 0.3) is 0 Å². The summed E-state index contributed by atoms with van der Waals surface area (Å²) in [5.41, 5.74) is 11.0. The molecule has 1 atom stereocenters. The molecule has 0 fully saturated rings. The van der Waals surface area contributed by atoms with Crippen molar-refractivity contribution in [2.75, 3.05) is 0 Å². The zero-order valence-corrected chi connectivity index (χ0v) is 11.2. The molecule has 0 saturated carbocycles. The van der Waals surface area contributed by atoms with Crippen LogP contribution in [0.1, 0.15) is 28.3 Å². The van der Waals surface area contributed by atoms with E-state index < -0.39 is 0 Å². The molecule has 2 aromatic rings. The Morgan fingerprint density at radius 1 is 1.05 bits per heavy atom. The molecule has 0 bridgehead atoms. The molecule has 0 saturated heterocycles. The number of nitrogens with one attached hydrogen (secondary N) is 1. The third-order valence-corrected chi connectivity index (χ3v) is 3.04. The Kier molecular flexibility index (Phi) is 4.53. The van der Waals surface area contributed by atoms with Crippen LogP contribution in [0.15, 0.2) is 53.6 Å². The molecule has 102 valence electrons. The summed E-state index contributed by atoms with van der Waals surface area (Å²) in [4.78, 5) is 0. The van der Waals surface area contributed by atoms with Gasteiger partial charge in [-0.15, -0.1) is 0 Å². The quantitative estimate of drug-likeness (QED) is 0.506. The molecule has 2 aromatic carbocycles. The van der Waals surface area contributed by atoms with E-state index in [0.717, 1.165) is 17.5 Å². The topological polar surface area (TPSA) is 98.0 Å². The zero-order chi connectivity index (χ0) is 15.1. The third kappa shape index (κ3) is 3.17. The highest BCUT2D eigenvalue weighted by Crippen LogP contribution is 2.25. The highest BCUT2D eigenvalue weighted by molar-refractivity contribution is 5.51. The van der Waals surface area contributed by atoms with Gasteiger partial charge in [0.1, 0.15) is 6.34 Å². The summed E-state index contributed by atoms with van der Waals surface area (Å²) in [6.07, 6.45) is 1.16. The number of rotatable bonds is 4. The molecule has 21 heavy (non-hydrogen) atoms. The standard InChI is InChI=1S/C16H13N5/c17-9-12-5-7-13(8-6-12)16(21-20-11-19)15-4-2-1-3-14(15)10-18/h1-8,11,16,21H,(H2,19,20). The Morgan fingerprint density at radius 2 is 1.76 bits per heavy atom. The van der Waals surface area contributed by atoms with Crippen LogP contribution in [-0.2, 0) is 0 Å². The predicted octanol–water partition coefficient (Wildman–Crippen LogP) is 2.01. The lowest BCUT2D eigenvalue weighted by Crippen LogP contribution is -2.19. The molecular formula is C16H13N5. The molecule has 0 aliphatic carbocycles. The molecule has 0 amide bonds. The van der Waals surface area contributed by atoms with Gasteiger partial charge >= 0.3 is 0 Å². The summed E-state index contributed by atoms with van der Waals surface area (Å²) >= 11 is 0. The number of nitrogens with zero attached hydrogens (tertiary/aromatic N) is 3. The van der Waals surface area contributed by atoms with Crippen LogP contribution < -0.4 is 11.2 Å². The summed E-state index contributed by atoms with van der Waals surface area (Å²) in [7, 11) is 0. The lowest BCUT2D eigenvalue weighted by Gasteiger charge is -2.18. The maximum Gasteiger partial charge on any atom is 0.106 e. The van der Waals surface area contributed by atoms with Crippen molar-refractivity contribution in [3.8, 4) is 12.1 Å². The smallest absolute Gasteiger partial charge is 0.106 e. The molecule has 0 aliphatic rings. The van der Waals surface area contributed by atoms with Gasteiger partial charge in [-0.05, 0) is 29.3 Å². The number of nitrogens with two attached hydrogens (primary N) is 1. The Balaban J connectivity index is 2.47. The van der Waals surface area contributed by atoms with Crippen molar-refractivity contribution in [3.63, 3.8) is 0 Å². The first-order chi connectivity index (χ1) is 10.3. The van der Waals surface area contributed by atoms with Gasteiger partial charge in [0.25, 0.3) is 0 Å². The first-order valence-corrected chi connectivity index (χ1v) is 6.28. The first kappa shape index (κ1) is 14.1. The monoisotopic (exact) mass is 275 g/mol. The van der Waals surface area contributed by atoms with E-state index in [-0.39, 0.29) is 6.04 Å². The SMILES string of the molecule is N#Cc1ccc(C(N/N=C\N)c2ccccc2C#N)cc1. The minimum absolute atomic E-state index is 0.312. The van der Waals surface area contributed by atoms with E-state index in [9.17, 15) is 5.26 Å². The van der Waals surface area contributed by atoms with Crippen LogP contribution in [0.3, 0.4) is 0 Å². The molecule has 1 unspecified atom stereocenters. The summed E-state index contributed by atoms with van der Waals surface area (Å²) in [5.74, 6) is 0. The summed E-state index contributed by atoms with van der Waals surface area (Å²) < 4.78 is 0. The van der Waals surface area contributed by atoms with E-state index in [1.807, 2.05) is 30.3 Å². The van der Waals surface area contributed by atoms with E-state index in [4.69, 9.17) is 11.0 Å². The summed E-state index contributed by atoms with van der Waals surface area (Å²) in [6, 6.07) is 18.3. The molecule has 0 heterocycles. The molecule has 0 aliphatic heterocycles. The largest absolute Gasteiger partial charge is 0.388 e. The molecule has 5 heteroatoms. The summed E-state index contributed by atoms with van der Waals surface area (Å²) in [5, 5.41) is 22.0. The van der Waals surface area contributed by atoms with Gasteiger partial charge in [-0.3, -0.25) is 5.43 Å². The Morgan fingerprint density at radius 3 is 2.38 bits per heavy atom. The fraction of sp³-hybridized carbons (Fsp3) is 0.0625. The van der Waals surface area contributed by atoms with Gasteiger partial charge in [0.2, 0.25) is 0 Å². The average molecular weight is 275 g/mol. The summed E-state index contributed by atoms with van der Waals surface area (Å²) in [6.45, 7) is 0. The van der Waals surface area contributed by atoms with Gasteiger partial charge in [-0.2, -0.15) is 15.6 Å². The van der Waals surface area contributed by atoms with Crippen molar-refractivity contribution >= 4 is 6.34 Å². The first-order valence-electron chi connectivity index (χ1n) is 6.28. The number of nitriles is 2. The molecule has 5 nitrogen and oxygen atoms in total. The Bertz CT molecular complexity index is 720. The maximum atomic E-state index is 9.24. The normalized spacial score (nSPS) is 11.5. The van der Waals surface area contributed by atoms with E-state index in [1.165, 1.54) is 0 Å². The highest BCUT2D eigenvalue weighted by Gasteiger charge is 2.16. The van der Waals surface area contributed by atoms with Crippen LogP contribution in [0.5, 0.6) is 0 Å². The van der Waals surface area contributed by atoms with E-state index in [1.54, 1.807) is 18.2 Å². The van der Waals surface area contributed by atoms with Crippen molar-refractivity contribution < 1.29 is 0 Å². The van der Waals surface area contributed by atoms with Crippen molar-refractivity contribution in [1.29, 1.82) is 10.5 Å². The van der Waals surface area contributed by atoms with Gasteiger partial charge in [0.05, 0.1) is 29.3 Å². The Hall–Kier alpha value is -3.31. The van der Waals surface area contributed by atoms with Crippen molar-refractivity contribution in [3.05, 3.63) is 70.8 Å². The fourth-order valence-electron chi connectivity index (χ4n) is 2.04. The average Bonchev–Trinajstić information content (AvgIpc) is 2.56. The zero-order valence-electron chi connectivity index (χ0n) is 11.2. The molecule has 0 aromatic heterocycles. The van der Waals surface area contributed by atoms with Crippen molar-refractivity contribution in [2.24, 2.45) is 10.8 Å². The third-order valence-electron chi connectivity index (χ3n) is 3.04. The Labute approximate surface area is 122 Å². The van der Waals surface area contributed by atoms with Crippen molar-refractivity contribution in [1.82, 2.24) is 5.43 Å². The number of hydrogen-bond donors (Lipinski definition) is 2. The lowest BCUT2D eigenvalue weighted by molar-refractivity contribution is 0.640. The van der Waals surface area contributed by atoms with E-state index in [0.29, 0.717) is 11.1 Å². The van der Waals surface area contributed by atoms with Gasteiger partial charge in [-0.25, -0.2) is 0 Å². The molecule has 2 rings (SSSR count). The van der Waals surface area contributed by atoms with Gasteiger partial charge < -0.3 is 5.73 Å². The van der Waals surface area contributed by atoms with Crippen LogP contribution >= 0.6 is 0 Å². The molecule has 3 N–H and O–H groups in total. The molecular weight excluding hydrogens is 262 g/mol. The minimum atomic E-state index is -0.312. The fourth-order valence-corrected chi connectivity index (χ4v) is 2.04. The van der Waals surface area contributed by atoms with Crippen LogP contribution in [0.4, 0.5) is 0 Å².